The van der Waals surface area contributed by atoms with E-state index in [0.29, 0.717) is 30.9 Å². The molecule has 0 radical (unpaired) electrons. The Labute approximate surface area is 160 Å². The minimum atomic E-state index is -1.17. The minimum absolute atomic E-state index is 0.0618. The van der Waals surface area contributed by atoms with Crippen LogP contribution in [0.5, 0.6) is 0 Å². The van der Waals surface area contributed by atoms with Crippen LogP contribution >= 0.6 is 0 Å². The summed E-state index contributed by atoms with van der Waals surface area (Å²) in [5.74, 6) is -0.852. The molecular weight excluding hydrogens is 344 g/mol. The van der Waals surface area contributed by atoms with Crippen LogP contribution in [0.25, 0.3) is 0 Å². The number of rotatable bonds is 6. The summed E-state index contributed by atoms with van der Waals surface area (Å²) in [6, 6.07) is 6.96. The Morgan fingerprint density at radius 2 is 1.74 bits per heavy atom. The summed E-state index contributed by atoms with van der Waals surface area (Å²) in [6.45, 7) is 6.29. The van der Waals surface area contributed by atoms with Gasteiger partial charge in [-0.05, 0) is 49.3 Å². The molecule has 0 atom stereocenters. The summed E-state index contributed by atoms with van der Waals surface area (Å²) in [5, 5.41) is 12.4. The van der Waals surface area contributed by atoms with Crippen molar-refractivity contribution in [2.45, 2.75) is 58.5 Å². The Kier molecular flexibility index (Phi) is 6.63. The third-order valence-electron chi connectivity index (χ3n) is 5.40. The molecule has 0 spiro atoms. The lowest BCUT2D eigenvalue weighted by atomic mass is 9.77. The molecule has 27 heavy (non-hydrogen) atoms. The number of hydrogen-bond acceptors (Lipinski definition) is 3. The van der Waals surface area contributed by atoms with E-state index in [1.165, 1.54) is 0 Å². The molecule has 6 heteroatoms. The lowest BCUT2D eigenvalue weighted by molar-refractivity contribution is -0.146. The molecular formula is C21H30N2O4. The van der Waals surface area contributed by atoms with Gasteiger partial charge in [-0.3, -0.25) is 9.59 Å². The normalized spacial score (nSPS) is 22.3. The van der Waals surface area contributed by atoms with Gasteiger partial charge in [-0.15, -0.1) is 0 Å². The quantitative estimate of drug-likeness (QED) is 0.801. The zero-order valence-corrected chi connectivity index (χ0v) is 16.6. The maximum Gasteiger partial charge on any atom is 0.329 e. The number of nitrogens with one attached hydrogen (secondary N) is 1. The summed E-state index contributed by atoms with van der Waals surface area (Å²) >= 11 is 0. The SMILES string of the molecule is CC1CCC(NC(=O)c2ccc(CN(C)C(=O)C(C)C)cc2)(C(=O)O)CC1. The van der Waals surface area contributed by atoms with Gasteiger partial charge in [0.25, 0.3) is 5.91 Å². The number of benzene rings is 1. The fourth-order valence-corrected chi connectivity index (χ4v) is 3.49. The van der Waals surface area contributed by atoms with Crippen LogP contribution in [0.1, 0.15) is 62.4 Å². The molecule has 1 aliphatic carbocycles. The number of carbonyl (C=O) groups is 3. The van der Waals surface area contributed by atoms with Crippen molar-refractivity contribution in [3.63, 3.8) is 0 Å². The fraction of sp³-hybridized carbons (Fsp3) is 0.571. The van der Waals surface area contributed by atoms with E-state index in [1.807, 2.05) is 13.8 Å². The highest BCUT2D eigenvalue weighted by atomic mass is 16.4. The maximum absolute atomic E-state index is 12.6. The first-order valence-corrected chi connectivity index (χ1v) is 9.54. The van der Waals surface area contributed by atoms with E-state index in [2.05, 4.69) is 12.2 Å². The standard InChI is InChI=1S/C21H30N2O4/c1-14(2)19(25)23(4)13-16-5-7-17(8-6-16)18(24)22-21(20(26)27)11-9-15(3)10-12-21/h5-8,14-15H,9-13H2,1-4H3,(H,22,24)(H,26,27). The van der Waals surface area contributed by atoms with Crippen molar-refractivity contribution in [2.75, 3.05) is 7.05 Å². The van der Waals surface area contributed by atoms with E-state index in [4.69, 9.17) is 0 Å². The van der Waals surface area contributed by atoms with Gasteiger partial charge in [-0.2, -0.15) is 0 Å². The molecule has 2 amide bonds. The topological polar surface area (TPSA) is 86.7 Å². The van der Waals surface area contributed by atoms with Crippen molar-refractivity contribution in [2.24, 2.45) is 11.8 Å². The Bertz CT molecular complexity index is 689. The van der Waals surface area contributed by atoms with Gasteiger partial charge in [0.1, 0.15) is 5.54 Å². The van der Waals surface area contributed by atoms with Crippen molar-refractivity contribution in [1.82, 2.24) is 10.2 Å². The van der Waals surface area contributed by atoms with Crippen LogP contribution in [0.3, 0.4) is 0 Å². The van der Waals surface area contributed by atoms with E-state index >= 15 is 0 Å². The molecule has 0 saturated heterocycles. The Balaban J connectivity index is 2.04. The number of carbonyl (C=O) groups excluding carboxylic acids is 2. The summed E-state index contributed by atoms with van der Waals surface area (Å²) < 4.78 is 0. The van der Waals surface area contributed by atoms with Crippen molar-refractivity contribution >= 4 is 17.8 Å². The molecule has 148 valence electrons. The third kappa shape index (κ3) is 5.08. The van der Waals surface area contributed by atoms with Crippen molar-refractivity contribution in [3.8, 4) is 0 Å². The van der Waals surface area contributed by atoms with Gasteiger partial charge in [0, 0.05) is 25.1 Å². The van der Waals surface area contributed by atoms with Crippen LogP contribution in [-0.2, 0) is 16.1 Å². The van der Waals surface area contributed by atoms with Crippen LogP contribution < -0.4 is 5.32 Å². The number of aliphatic carboxylic acids is 1. The van der Waals surface area contributed by atoms with Gasteiger partial charge in [-0.1, -0.05) is 32.9 Å². The second kappa shape index (κ2) is 8.55. The number of carboxylic acid groups (broad SMARTS) is 1. The Hall–Kier alpha value is -2.37. The highest BCUT2D eigenvalue weighted by Crippen LogP contribution is 2.32. The molecule has 1 saturated carbocycles. The summed E-state index contributed by atoms with van der Waals surface area (Å²) in [5.41, 5.74) is 0.171. The van der Waals surface area contributed by atoms with Crippen molar-refractivity contribution < 1.29 is 19.5 Å². The predicted octanol–water partition coefficient (Wildman–Crippen LogP) is 3.06. The smallest absolute Gasteiger partial charge is 0.329 e. The maximum atomic E-state index is 12.6. The second-order valence-electron chi connectivity index (χ2n) is 8.07. The molecule has 0 heterocycles. The first-order valence-electron chi connectivity index (χ1n) is 9.54. The predicted molar refractivity (Wildman–Crippen MR) is 103 cm³/mol. The largest absolute Gasteiger partial charge is 0.480 e. The molecule has 1 aliphatic rings. The zero-order chi connectivity index (χ0) is 20.2. The first-order chi connectivity index (χ1) is 12.6. The Morgan fingerprint density at radius 3 is 2.22 bits per heavy atom. The molecule has 2 N–H and O–H groups in total. The van der Waals surface area contributed by atoms with E-state index < -0.39 is 11.5 Å². The molecule has 0 aliphatic heterocycles. The molecule has 6 nitrogen and oxygen atoms in total. The number of nitrogens with zero attached hydrogens (tertiary/aromatic N) is 1. The highest BCUT2D eigenvalue weighted by Gasteiger charge is 2.42. The molecule has 0 aromatic heterocycles. The van der Waals surface area contributed by atoms with Crippen LogP contribution in [-0.4, -0.2) is 40.4 Å². The van der Waals surface area contributed by atoms with E-state index in [1.54, 1.807) is 36.2 Å². The lowest BCUT2D eigenvalue weighted by Crippen LogP contribution is -2.56. The van der Waals surface area contributed by atoms with Gasteiger partial charge in [-0.25, -0.2) is 4.79 Å². The zero-order valence-electron chi connectivity index (χ0n) is 16.6. The summed E-state index contributed by atoms with van der Waals surface area (Å²) in [7, 11) is 1.75. The monoisotopic (exact) mass is 374 g/mol. The van der Waals surface area contributed by atoms with Crippen molar-refractivity contribution in [1.29, 1.82) is 0 Å². The van der Waals surface area contributed by atoms with Gasteiger partial charge >= 0.3 is 5.97 Å². The fourth-order valence-electron chi connectivity index (χ4n) is 3.49. The molecule has 0 unspecified atom stereocenters. The molecule has 1 fully saturated rings. The van der Waals surface area contributed by atoms with Gasteiger partial charge in [0.05, 0.1) is 0 Å². The lowest BCUT2D eigenvalue weighted by Gasteiger charge is -2.36. The van der Waals surface area contributed by atoms with Gasteiger partial charge < -0.3 is 15.3 Å². The van der Waals surface area contributed by atoms with E-state index in [9.17, 15) is 19.5 Å². The molecule has 0 bridgehead atoms. The van der Waals surface area contributed by atoms with E-state index in [-0.39, 0.29) is 17.7 Å². The molecule has 2 rings (SSSR count). The number of carboxylic acids is 1. The van der Waals surface area contributed by atoms with Crippen LogP contribution in [0.2, 0.25) is 0 Å². The second-order valence-corrected chi connectivity index (χ2v) is 8.07. The average Bonchev–Trinajstić information content (AvgIpc) is 2.63. The molecule has 1 aromatic rings. The summed E-state index contributed by atoms with van der Waals surface area (Å²) in [4.78, 5) is 38.0. The average molecular weight is 374 g/mol. The van der Waals surface area contributed by atoms with Crippen LogP contribution in [0.4, 0.5) is 0 Å². The minimum Gasteiger partial charge on any atom is -0.480 e. The van der Waals surface area contributed by atoms with Crippen LogP contribution in [0.15, 0.2) is 24.3 Å². The van der Waals surface area contributed by atoms with Crippen molar-refractivity contribution in [3.05, 3.63) is 35.4 Å². The highest BCUT2D eigenvalue weighted by molar-refractivity contribution is 5.98. The van der Waals surface area contributed by atoms with Crippen LogP contribution in [0, 0.1) is 11.8 Å². The Morgan fingerprint density at radius 1 is 1.19 bits per heavy atom. The third-order valence-corrected chi connectivity index (χ3v) is 5.40. The van der Waals surface area contributed by atoms with E-state index in [0.717, 1.165) is 18.4 Å². The van der Waals surface area contributed by atoms with Gasteiger partial charge in [0.2, 0.25) is 5.91 Å². The molecule has 1 aromatic carbocycles. The number of hydrogen-bond donors (Lipinski definition) is 2. The summed E-state index contributed by atoms with van der Waals surface area (Å²) in [6.07, 6.45) is 2.49. The number of amides is 2. The van der Waals surface area contributed by atoms with Gasteiger partial charge in [0.15, 0.2) is 0 Å². The first kappa shape index (κ1) is 20.9.